The van der Waals surface area contributed by atoms with Gasteiger partial charge in [0.25, 0.3) is 5.91 Å². The second-order valence-electron chi connectivity index (χ2n) is 5.51. The van der Waals surface area contributed by atoms with Crippen LogP contribution < -0.4 is 11.3 Å². The summed E-state index contributed by atoms with van der Waals surface area (Å²) in [6.07, 6.45) is 0.445. The number of rotatable bonds is 3. The maximum Gasteiger partial charge on any atom is 0.281 e. The van der Waals surface area contributed by atoms with Crippen molar-refractivity contribution in [1.82, 2.24) is 5.43 Å². The second-order valence-corrected chi connectivity index (χ2v) is 5.51. The lowest BCUT2D eigenvalue weighted by Gasteiger charge is -2.13. The van der Waals surface area contributed by atoms with Gasteiger partial charge in [0.15, 0.2) is 0 Å². The lowest BCUT2D eigenvalue weighted by atomic mass is 9.99. The number of carbonyl (C=O) groups is 1. The molecule has 0 aliphatic carbocycles. The summed E-state index contributed by atoms with van der Waals surface area (Å²) >= 11 is 0. The van der Waals surface area contributed by atoms with E-state index in [2.05, 4.69) is 9.98 Å². The zero-order chi connectivity index (χ0) is 18.0. The molecule has 2 aromatic carbocycles. The minimum atomic E-state index is -0.631. The molecular formula is C18H16F2N4O. The Morgan fingerprint density at radius 2 is 1.96 bits per heavy atom. The average Bonchev–Trinajstić information content (AvgIpc) is 2.78. The van der Waals surface area contributed by atoms with Gasteiger partial charge in [-0.3, -0.25) is 15.2 Å². The fraction of sp³-hybridized carbons (Fsp3) is 0.167. The summed E-state index contributed by atoms with van der Waals surface area (Å²) in [6, 6.07) is 9.35. The number of carbonyl (C=O) groups excluding carboxylic acids is 1. The fourth-order valence-electron chi connectivity index (χ4n) is 2.71. The summed E-state index contributed by atoms with van der Waals surface area (Å²) in [7, 11) is 0. The van der Waals surface area contributed by atoms with E-state index >= 15 is 0 Å². The molecule has 0 fully saturated rings. The van der Waals surface area contributed by atoms with Crippen molar-refractivity contribution < 1.29 is 13.6 Å². The van der Waals surface area contributed by atoms with E-state index in [0.717, 1.165) is 0 Å². The van der Waals surface area contributed by atoms with Crippen LogP contribution in [-0.4, -0.2) is 23.4 Å². The maximum atomic E-state index is 14.3. The van der Waals surface area contributed by atoms with Crippen LogP contribution in [0.3, 0.4) is 0 Å². The van der Waals surface area contributed by atoms with E-state index in [1.54, 1.807) is 18.2 Å². The first-order valence-electron chi connectivity index (χ1n) is 7.77. The lowest BCUT2D eigenvalue weighted by Crippen LogP contribution is -2.41. The molecule has 2 aromatic rings. The highest BCUT2D eigenvalue weighted by atomic mass is 19.1. The van der Waals surface area contributed by atoms with Gasteiger partial charge in [0.1, 0.15) is 17.3 Å². The molecule has 0 aromatic heterocycles. The Hall–Kier alpha value is -2.93. The van der Waals surface area contributed by atoms with Crippen molar-refractivity contribution in [3.63, 3.8) is 0 Å². The van der Waals surface area contributed by atoms with E-state index in [1.807, 2.05) is 12.3 Å². The number of fused-ring (bicyclic) bond motifs is 1. The number of benzene rings is 2. The zero-order valence-electron chi connectivity index (χ0n) is 13.5. The number of halogens is 2. The first-order valence-corrected chi connectivity index (χ1v) is 7.77. The number of hydrogen-bond acceptors (Lipinski definition) is 4. The van der Waals surface area contributed by atoms with Gasteiger partial charge in [-0.15, -0.1) is 0 Å². The molecule has 1 aliphatic rings. The molecule has 5 nitrogen and oxygen atoms in total. The molecule has 3 N–H and O–H groups in total. The molecule has 0 bridgehead atoms. The first-order chi connectivity index (χ1) is 12.0. The molecule has 0 spiro atoms. The number of nitrogens with two attached hydrogens (primary N) is 1. The normalized spacial score (nSPS) is 16.4. The Bertz CT molecular complexity index is 892. The first kappa shape index (κ1) is 16.9. The molecule has 0 saturated heterocycles. The highest BCUT2D eigenvalue weighted by molar-refractivity contribution is 6.42. The SMILES string of the molecule is CCC1N=C(c2ccccc2F)c2cc(F)ccc2N=C1C(=O)NN. The van der Waals surface area contributed by atoms with Crippen molar-refractivity contribution in [2.45, 2.75) is 19.4 Å². The molecule has 1 aliphatic heterocycles. The number of nitrogens with one attached hydrogen (secondary N) is 1. The minimum absolute atomic E-state index is 0.101. The van der Waals surface area contributed by atoms with Crippen LogP contribution in [0.4, 0.5) is 14.5 Å². The molecule has 128 valence electrons. The Kier molecular flexibility index (Phi) is 4.67. The van der Waals surface area contributed by atoms with Crippen molar-refractivity contribution in [1.29, 1.82) is 0 Å². The van der Waals surface area contributed by atoms with Crippen LogP contribution in [0.15, 0.2) is 52.4 Å². The predicted octanol–water partition coefficient (Wildman–Crippen LogP) is 2.66. The maximum absolute atomic E-state index is 14.3. The number of hydrazine groups is 1. The fourth-order valence-corrected chi connectivity index (χ4v) is 2.71. The van der Waals surface area contributed by atoms with E-state index < -0.39 is 23.6 Å². The van der Waals surface area contributed by atoms with Crippen LogP contribution in [0.1, 0.15) is 24.5 Å². The van der Waals surface area contributed by atoms with Crippen LogP contribution in [0, 0.1) is 11.6 Å². The van der Waals surface area contributed by atoms with Crippen LogP contribution >= 0.6 is 0 Å². The molecule has 1 heterocycles. The molecule has 0 saturated carbocycles. The molecule has 1 amide bonds. The van der Waals surface area contributed by atoms with Gasteiger partial charge in [0, 0.05) is 11.1 Å². The second kappa shape index (κ2) is 6.90. The standard InChI is InChI=1S/C18H16F2N4O/c1-2-14-17(18(25)24-21)23-15-8-7-10(19)9-12(15)16(22-14)11-5-3-4-6-13(11)20/h3-9,14H,2,21H2,1H3,(H,24,25). The van der Waals surface area contributed by atoms with E-state index in [-0.39, 0.29) is 17.0 Å². The lowest BCUT2D eigenvalue weighted by molar-refractivity contribution is -0.115. The third kappa shape index (κ3) is 3.18. The van der Waals surface area contributed by atoms with E-state index in [4.69, 9.17) is 5.84 Å². The Balaban J connectivity index is 2.29. The van der Waals surface area contributed by atoms with Gasteiger partial charge < -0.3 is 0 Å². The summed E-state index contributed by atoms with van der Waals surface area (Å²) in [4.78, 5) is 20.9. The third-order valence-corrected chi connectivity index (χ3v) is 3.93. The van der Waals surface area contributed by atoms with Crippen molar-refractivity contribution >= 4 is 23.0 Å². The monoisotopic (exact) mass is 342 g/mol. The molecule has 1 atom stereocenters. The summed E-state index contributed by atoms with van der Waals surface area (Å²) in [6.45, 7) is 1.82. The van der Waals surface area contributed by atoms with Gasteiger partial charge >= 0.3 is 0 Å². The number of amides is 1. The molecule has 1 unspecified atom stereocenters. The summed E-state index contributed by atoms with van der Waals surface area (Å²) in [5.41, 5.74) is 3.28. The highest BCUT2D eigenvalue weighted by Crippen LogP contribution is 2.29. The van der Waals surface area contributed by atoms with E-state index in [0.29, 0.717) is 17.7 Å². The van der Waals surface area contributed by atoms with Crippen LogP contribution in [0.25, 0.3) is 0 Å². The Labute approximate surface area is 143 Å². The number of nitrogens with zero attached hydrogens (tertiary/aromatic N) is 2. The van der Waals surface area contributed by atoms with Crippen molar-refractivity contribution in [3.8, 4) is 0 Å². The van der Waals surface area contributed by atoms with Gasteiger partial charge in [-0.2, -0.15) is 0 Å². The van der Waals surface area contributed by atoms with Crippen LogP contribution in [0.2, 0.25) is 0 Å². The summed E-state index contributed by atoms with van der Waals surface area (Å²) in [5, 5.41) is 0. The molecular weight excluding hydrogens is 326 g/mol. The predicted molar refractivity (Wildman–Crippen MR) is 91.9 cm³/mol. The quantitative estimate of drug-likeness (QED) is 0.511. The van der Waals surface area contributed by atoms with Crippen LogP contribution in [-0.2, 0) is 4.79 Å². The van der Waals surface area contributed by atoms with Gasteiger partial charge in [-0.05, 0) is 36.8 Å². The average molecular weight is 342 g/mol. The summed E-state index contributed by atoms with van der Waals surface area (Å²) < 4.78 is 28.2. The molecule has 0 radical (unpaired) electrons. The van der Waals surface area contributed by atoms with Gasteiger partial charge in [0.05, 0.1) is 17.4 Å². The number of aliphatic imine (C=N–C) groups is 2. The van der Waals surface area contributed by atoms with E-state index in [9.17, 15) is 13.6 Å². The zero-order valence-corrected chi connectivity index (χ0v) is 13.5. The summed E-state index contributed by atoms with van der Waals surface area (Å²) in [5.74, 6) is 3.66. The topological polar surface area (TPSA) is 79.8 Å². The van der Waals surface area contributed by atoms with Gasteiger partial charge in [-0.25, -0.2) is 19.6 Å². The third-order valence-electron chi connectivity index (χ3n) is 3.93. The van der Waals surface area contributed by atoms with Gasteiger partial charge in [0.2, 0.25) is 0 Å². The Morgan fingerprint density at radius 3 is 2.64 bits per heavy atom. The van der Waals surface area contributed by atoms with E-state index in [1.165, 1.54) is 24.3 Å². The molecule has 7 heteroatoms. The smallest absolute Gasteiger partial charge is 0.281 e. The van der Waals surface area contributed by atoms with Crippen molar-refractivity contribution in [3.05, 3.63) is 65.2 Å². The van der Waals surface area contributed by atoms with Crippen LogP contribution in [0.5, 0.6) is 0 Å². The highest BCUT2D eigenvalue weighted by Gasteiger charge is 2.27. The van der Waals surface area contributed by atoms with Gasteiger partial charge in [-0.1, -0.05) is 19.1 Å². The van der Waals surface area contributed by atoms with Crippen molar-refractivity contribution in [2.24, 2.45) is 15.8 Å². The molecule has 3 rings (SSSR count). The Morgan fingerprint density at radius 1 is 1.20 bits per heavy atom. The molecule has 25 heavy (non-hydrogen) atoms. The minimum Gasteiger partial charge on any atom is -0.289 e. The largest absolute Gasteiger partial charge is 0.289 e. The number of hydrogen-bond donors (Lipinski definition) is 2. The van der Waals surface area contributed by atoms with Crippen molar-refractivity contribution in [2.75, 3.05) is 0 Å².